The summed E-state index contributed by atoms with van der Waals surface area (Å²) in [6.07, 6.45) is 0. The number of hydrogen-bond donors (Lipinski definition) is 2. The molecule has 0 saturated heterocycles. The fourth-order valence-corrected chi connectivity index (χ4v) is 2.13. The van der Waals surface area contributed by atoms with E-state index in [9.17, 15) is 4.79 Å². The number of hydrazine groups is 1. The Balaban J connectivity index is 1.67. The van der Waals surface area contributed by atoms with Gasteiger partial charge in [0.1, 0.15) is 0 Å². The maximum atomic E-state index is 12.3. The smallest absolute Gasteiger partial charge is 0.193 e. The molecule has 0 radical (unpaired) electrons. The van der Waals surface area contributed by atoms with E-state index in [-0.39, 0.29) is 5.78 Å². The first-order chi connectivity index (χ1) is 10.8. The lowest BCUT2D eigenvalue weighted by molar-refractivity contribution is 0.103. The van der Waals surface area contributed by atoms with Crippen molar-refractivity contribution in [3.8, 4) is 0 Å². The summed E-state index contributed by atoms with van der Waals surface area (Å²) in [7, 11) is 0. The van der Waals surface area contributed by atoms with E-state index in [2.05, 4.69) is 10.9 Å². The van der Waals surface area contributed by atoms with Crippen LogP contribution < -0.4 is 10.9 Å². The molecular formula is C19H16N2O. The maximum Gasteiger partial charge on any atom is 0.193 e. The Morgan fingerprint density at radius 2 is 1.00 bits per heavy atom. The molecule has 3 heteroatoms. The maximum absolute atomic E-state index is 12.3. The van der Waals surface area contributed by atoms with Gasteiger partial charge in [-0.05, 0) is 36.4 Å². The molecule has 0 bridgehead atoms. The van der Waals surface area contributed by atoms with Crippen LogP contribution in [0.5, 0.6) is 0 Å². The van der Waals surface area contributed by atoms with Crippen molar-refractivity contribution >= 4 is 17.2 Å². The van der Waals surface area contributed by atoms with E-state index in [4.69, 9.17) is 0 Å². The van der Waals surface area contributed by atoms with Gasteiger partial charge in [0.15, 0.2) is 5.78 Å². The van der Waals surface area contributed by atoms with Crippen LogP contribution in [0.2, 0.25) is 0 Å². The van der Waals surface area contributed by atoms with Gasteiger partial charge in [-0.15, -0.1) is 0 Å². The van der Waals surface area contributed by atoms with Crippen LogP contribution in [0.4, 0.5) is 11.4 Å². The quantitative estimate of drug-likeness (QED) is 0.541. The highest BCUT2D eigenvalue weighted by Gasteiger charge is 2.07. The van der Waals surface area contributed by atoms with Gasteiger partial charge in [-0.2, -0.15) is 0 Å². The normalized spacial score (nSPS) is 10.0. The number of hydrogen-bond acceptors (Lipinski definition) is 3. The summed E-state index contributed by atoms with van der Waals surface area (Å²) in [5.74, 6) is 0.0307. The first-order valence-corrected chi connectivity index (χ1v) is 7.10. The van der Waals surface area contributed by atoms with Crippen molar-refractivity contribution in [1.82, 2.24) is 0 Å². The molecule has 0 amide bonds. The van der Waals surface area contributed by atoms with Gasteiger partial charge in [0, 0.05) is 11.1 Å². The zero-order chi connectivity index (χ0) is 15.2. The molecule has 3 nitrogen and oxygen atoms in total. The highest BCUT2D eigenvalue weighted by atomic mass is 16.1. The summed E-state index contributed by atoms with van der Waals surface area (Å²) < 4.78 is 0. The number of ketones is 1. The molecule has 0 saturated carbocycles. The number of carbonyl (C=O) groups excluding carboxylic acids is 1. The molecule has 3 aromatic carbocycles. The van der Waals surface area contributed by atoms with Crippen LogP contribution in [0.25, 0.3) is 0 Å². The molecule has 22 heavy (non-hydrogen) atoms. The Labute approximate surface area is 129 Å². The summed E-state index contributed by atoms with van der Waals surface area (Å²) in [6.45, 7) is 0. The number of nitrogens with one attached hydrogen (secondary N) is 2. The largest absolute Gasteiger partial charge is 0.301 e. The van der Waals surface area contributed by atoms with Crippen molar-refractivity contribution < 1.29 is 4.79 Å². The third kappa shape index (κ3) is 3.33. The van der Waals surface area contributed by atoms with Gasteiger partial charge in [0.25, 0.3) is 0 Å². The Morgan fingerprint density at radius 3 is 1.59 bits per heavy atom. The van der Waals surface area contributed by atoms with Crippen LogP contribution >= 0.6 is 0 Å². The van der Waals surface area contributed by atoms with Crippen LogP contribution in [-0.4, -0.2) is 5.78 Å². The molecule has 0 heterocycles. The lowest BCUT2D eigenvalue weighted by Gasteiger charge is -2.10. The van der Waals surface area contributed by atoms with Crippen molar-refractivity contribution in [2.45, 2.75) is 0 Å². The minimum absolute atomic E-state index is 0.0307. The van der Waals surface area contributed by atoms with E-state index in [1.165, 1.54) is 0 Å². The van der Waals surface area contributed by atoms with Gasteiger partial charge < -0.3 is 10.9 Å². The van der Waals surface area contributed by atoms with Gasteiger partial charge in [0.2, 0.25) is 0 Å². The zero-order valence-electron chi connectivity index (χ0n) is 12.0. The van der Waals surface area contributed by atoms with Crippen LogP contribution in [-0.2, 0) is 0 Å². The average molecular weight is 288 g/mol. The van der Waals surface area contributed by atoms with Crippen molar-refractivity contribution in [3.63, 3.8) is 0 Å². The van der Waals surface area contributed by atoms with Crippen molar-refractivity contribution in [1.29, 1.82) is 0 Å². The third-order valence-corrected chi connectivity index (χ3v) is 3.31. The van der Waals surface area contributed by atoms with Gasteiger partial charge in [0.05, 0.1) is 11.4 Å². The van der Waals surface area contributed by atoms with E-state index >= 15 is 0 Å². The Kier molecular flexibility index (Phi) is 4.16. The van der Waals surface area contributed by atoms with Crippen LogP contribution in [0.1, 0.15) is 15.9 Å². The molecule has 0 aliphatic heterocycles. The monoisotopic (exact) mass is 288 g/mol. The Hall–Kier alpha value is -3.07. The molecule has 0 fully saturated rings. The Bertz CT molecular complexity index is 737. The first-order valence-electron chi connectivity index (χ1n) is 7.10. The van der Waals surface area contributed by atoms with Gasteiger partial charge in [-0.25, -0.2) is 0 Å². The number of rotatable bonds is 5. The minimum Gasteiger partial charge on any atom is -0.301 e. The number of carbonyl (C=O) groups is 1. The zero-order valence-corrected chi connectivity index (χ0v) is 12.0. The second-order valence-corrected chi connectivity index (χ2v) is 4.89. The highest BCUT2D eigenvalue weighted by molar-refractivity contribution is 6.09. The molecule has 3 aromatic rings. The predicted molar refractivity (Wildman–Crippen MR) is 90.0 cm³/mol. The topological polar surface area (TPSA) is 41.1 Å². The van der Waals surface area contributed by atoms with Crippen molar-refractivity contribution in [2.75, 3.05) is 10.9 Å². The van der Waals surface area contributed by atoms with E-state index in [0.29, 0.717) is 11.1 Å². The van der Waals surface area contributed by atoms with Crippen LogP contribution in [0.15, 0.2) is 84.9 Å². The minimum atomic E-state index is 0.0307. The summed E-state index contributed by atoms with van der Waals surface area (Å²) in [6, 6.07) is 26.5. The van der Waals surface area contributed by atoms with E-state index in [1.54, 1.807) is 0 Å². The fourth-order valence-electron chi connectivity index (χ4n) is 2.13. The molecule has 2 N–H and O–H groups in total. The fraction of sp³-hybridized carbons (Fsp3) is 0. The van der Waals surface area contributed by atoms with Crippen molar-refractivity contribution in [2.24, 2.45) is 0 Å². The highest BCUT2D eigenvalue weighted by Crippen LogP contribution is 2.14. The lowest BCUT2D eigenvalue weighted by Crippen LogP contribution is -2.08. The van der Waals surface area contributed by atoms with Crippen LogP contribution in [0.3, 0.4) is 0 Å². The Morgan fingerprint density at radius 1 is 0.545 bits per heavy atom. The summed E-state index contributed by atoms with van der Waals surface area (Å²) in [5.41, 5.74) is 9.46. The second-order valence-electron chi connectivity index (χ2n) is 4.89. The SMILES string of the molecule is O=C(c1ccccc1)c1ccc(NNc2ccccc2)cc1. The van der Waals surface area contributed by atoms with E-state index < -0.39 is 0 Å². The summed E-state index contributed by atoms with van der Waals surface area (Å²) in [4.78, 5) is 12.3. The summed E-state index contributed by atoms with van der Waals surface area (Å²) >= 11 is 0. The molecule has 0 aliphatic carbocycles. The molecule has 108 valence electrons. The number of para-hydroxylation sites is 1. The number of anilines is 2. The summed E-state index contributed by atoms with van der Waals surface area (Å²) in [5, 5.41) is 0. The second kappa shape index (κ2) is 6.59. The average Bonchev–Trinajstić information content (AvgIpc) is 2.61. The first kappa shape index (κ1) is 13.9. The third-order valence-electron chi connectivity index (χ3n) is 3.31. The van der Waals surface area contributed by atoms with Crippen LogP contribution in [0, 0.1) is 0 Å². The van der Waals surface area contributed by atoms with Gasteiger partial charge in [-0.1, -0.05) is 48.5 Å². The predicted octanol–water partition coefficient (Wildman–Crippen LogP) is 4.36. The molecule has 3 rings (SSSR count). The number of benzene rings is 3. The molecule has 0 atom stereocenters. The molecule has 0 aromatic heterocycles. The standard InChI is InChI=1S/C19H16N2O/c22-19(15-7-3-1-4-8-15)16-11-13-18(14-12-16)21-20-17-9-5-2-6-10-17/h1-14,20-21H. The molecule has 0 unspecified atom stereocenters. The van der Waals surface area contributed by atoms with Crippen molar-refractivity contribution in [3.05, 3.63) is 96.1 Å². The molecular weight excluding hydrogens is 272 g/mol. The van der Waals surface area contributed by atoms with Gasteiger partial charge >= 0.3 is 0 Å². The molecule has 0 spiro atoms. The lowest BCUT2D eigenvalue weighted by atomic mass is 10.0. The molecule has 0 aliphatic rings. The van der Waals surface area contributed by atoms with E-state index in [1.807, 2.05) is 84.9 Å². The van der Waals surface area contributed by atoms with Gasteiger partial charge in [-0.3, -0.25) is 4.79 Å². The van der Waals surface area contributed by atoms with E-state index in [0.717, 1.165) is 11.4 Å².